The van der Waals surface area contributed by atoms with Gasteiger partial charge in [-0.25, -0.2) is 0 Å². The van der Waals surface area contributed by atoms with Crippen LogP contribution in [0.5, 0.6) is 5.75 Å². The normalized spacial score (nSPS) is 17.6. The van der Waals surface area contributed by atoms with Crippen molar-refractivity contribution in [3.05, 3.63) is 41.5 Å². The van der Waals surface area contributed by atoms with E-state index in [1.54, 1.807) is 24.3 Å². The summed E-state index contributed by atoms with van der Waals surface area (Å²) >= 11 is 0. The number of nitrogens with zero attached hydrogens (tertiary/aromatic N) is 3. The van der Waals surface area contributed by atoms with Gasteiger partial charge in [0, 0.05) is 27.1 Å². The van der Waals surface area contributed by atoms with Crippen LogP contribution in [0.1, 0.15) is 25.8 Å². The molecule has 0 spiro atoms. The molecular weight excluding hydrogens is 415 g/mol. The summed E-state index contributed by atoms with van der Waals surface area (Å²) in [7, 11) is 1.20. The molecule has 1 fully saturated rings. The maximum absolute atomic E-state index is 13.4. The monoisotopic (exact) mass is 441 g/mol. The van der Waals surface area contributed by atoms with E-state index >= 15 is 0 Å². The van der Waals surface area contributed by atoms with Gasteiger partial charge in [0.15, 0.2) is 6.61 Å². The first-order chi connectivity index (χ1) is 14.6. The molecule has 0 saturated carbocycles. The van der Waals surface area contributed by atoms with E-state index in [0.29, 0.717) is 17.7 Å². The van der Waals surface area contributed by atoms with Crippen LogP contribution in [0.25, 0.3) is 0 Å². The summed E-state index contributed by atoms with van der Waals surface area (Å²) in [5.41, 5.74) is -0.289. The second-order valence-corrected chi connectivity index (χ2v) is 7.01. The van der Waals surface area contributed by atoms with Crippen molar-refractivity contribution in [2.75, 3.05) is 26.7 Å². The molecule has 2 amide bonds. The van der Waals surface area contributed by atoms with Crippen LogP contribution in [0.4, 0.5) is 13.2 Å². The van der Waals surface area contributed by atoms with Gasteiger partial charge in [0.1, 0.15) is 11.6 Å². The fraction of sp³-hybridized carbons (Fsp3) is 0.476. The smallest absolute Gasteiger partial charge is 0.419 e. The first-order valence-corrected chi connectivity index (χ1v) is 9.73. The Hall–Kier alpha value is -2.88. The van der Waals surface area contributed by atoms with Gasteiger partial charge in [-0.1, -0.05) is 18.2 Å². The van der Waals surface area contributed by atoms with Gasteiger partial charge in [0.05, 0.1) is 18.2 Å². The standard InChI is InChI=1S/C21H26F3N3O4/c1-4-18(21(22,23)24)20(25-3)27(14(2)29)16-9-10-26(11-16)19(30)13-31-17-7-5-15(12-28)6-8-17/h4-8,16,28H,9-13H2,1-3H3/b18-4+,25-20?/t16-/m1/s1. The molecule has 31 heavy (non-hydrogen) atoms. The van der Waals surface area contributed by atoms with Gasteiger partial charge in [0.25, 0.3) is 5.91 Å². The molecule has 1 aliphatic heterocycles. The number of amides is 2. The van der Waals surface area contributed by atoms with Crippen LogP contribution < -0.4 is 4.74 Å². The molecule has 1 saturated heterocycles. The average Bonchev–Trinajstić information content (AvgIpc) is 3.20. The fourth-order valence-corrected chi connectivity index (χ4v) is 3.46. The van der Waals surface area contributed by atoms with Gasteiger partial charge in [-0.05, 0) is 31.0 Å². The van der Waals surface area contributed by atoms with Crippen molar-refractivity contribution in [2.45, 2.75) is 39.1 Å². The Morgan fingerprint density at radius 1 is 1.32 bits per heavy atom. The van der Waals surface area contributed by atoms with E-state index in [1.165, 1.54) is 25.8 Å². The lowest BCUT2D eigenvalue weighted by molar-refractivity contribution is -0.133. The zero-order valence-electron chi connectivity index (χ0n) is 17.6. The molecule has 1 aliphatic rings. The van der Waals surface area contributed by atoms with Crippen LogP contribution in [0.2, 0.25) is 0 Å². The summed E-state index contributed by atoms with van der Waals surface area (Å²) in [5, 5.41) is 9.05. The molecule has 7 nitrogen and oxygen atoms in total. The van der Waals surface area contributed by atoms with E-state index < -0.39 is 29.5 Å². The Labute approximate surface area is 178 Å². The molecule has 0 aromatic heterocycles. The third kappa shape index (κ3) is 6.06. The van der Waals surface area contributed by atoms with Crippen molar-refractivity contribution in [1.29, 1.82) is 0 Å². The number of hydrogen-bond donors (Lipinski definition) is 1. The van der Waals surface area contributed by atoms with Crippen molar-refractivity contribution in [1.82, 2.24) is 9.80 Å². The maximum Gasteiger partial charge on any atom is 0.419 e. The van der Waals surface area contributed by atoms with Crippen LogP contribution in [0.3, 0.4) is 0 Å². The lowest BCUT2D eigenvalue weighted by Gasteiger charge is -2.30. The van der Waals surface area contributed by atoms with Crippen molar-refractivity contribution in [3.8, 4) is 5.75 Å². The summed E-state index contributed by atoms with van der Waals surface area (Å²) in [4.78, 5) is 30.9. The lowest BCUT2D eigenvalue weighted by Crippen LogP contribution is -2.48. The van der Waals surface area contributed by atoms with E-state index in [9.17, 15) is 22.8 Å². The van der Waals surface area contributed by atoms with Crippen molar-refractivity contribution in [3.63, 3.8) is 0 Å². The van der Waals surface area contributed by atoms with Crippen LogP contribution >= 0.6 is 0 Å². The molecule has 1 atom stereocenters. The summed E-state index contributed by atoms with van der Waals surface area (Å²) < 4.78 is 45.7. The zero-order valence-corrected chi connectivity index (χ0v) is 17.6. The average molecular weight is 441 g/mol. The number of carbonyl (C=O) groups excluding carboxylic acids is 2. The summed E-state index contributed by atoms with van der Waals surface area (Å²) in [6.07, 6.45) is -3.46. The van der Waals surface area contributed by atoms with Crippen molar-refractivity contribution < 1.29 is 32.6 Å². The van der Waals surface area contributed by atoms with Gasteiger partial charge in [-0.2, -0.15) is 13.2 Å². The number of aliphatic imine (C=N–C) groups is 1. The highest BCUT2D eigenvalue weighted by molar-refractivity contribution is 6.08. The molecule has 10 heteroatoms. The lowest BCUT2D eigenvalue weighted by atomic mass is 10.1. The Morgan fingerprint density at radius 3 is 2.45 bits per heavy atom. The molecule has 1 N–H and O–H groups in total. The number of amidine groups is 1. The summed E-state index contributed by atoms with van der Waals surface area (Å²) in [5.74, 6) is -0.921. The van der Waals surface area contributed by atoms with Gasteiger partial charge in [-0.15, -0.1) is 0 Å². The summed E-state index contributed by atoms with van der Waals surface area (Å²) in [6.45, 7) is 2.43. The number of aliphatic hydroxyl groups excluding tert-OH is 1. The number of benzene rings is 1. The molecule has 0 aliphatic carbocycles. The first-order valence-electron chi connectivity index (χ1n) is 9.73. The third-order valence-electron chi connectivity index (χ3n) is 4.96. The van der Waals surface area contributed by atoms with Crippen LogP contribution in [0.15, 0.2) is 40.9 Å². The number of halogens is 3. The number of hydrogen-bond acceptors (Lipinski definition) is 5. The molecule has 0 bridgehead atoms. The minimum atomic E-state index is -4.66. The number of allylic oxidation sites excluding steroid dienone is 1. The Bertz CT molecular complexity index is 850. The van der Waals surface area contributed by atoms with E-state index in [-0.39, 0.29) is 32.2 Å². The van der Waals surface area contributed by atoms with Crippen molar-refractivity contribution >= 4 is 17.6 Å². The zero-order chi connectivity index (χ0) is 23.2. The SMILES string of the molecule is C/C=C(\C(=NC)N(C(C)=O)[C@@H]1CCN(C(=O)COc2ccc(CO)cc2)C1)C(F)(F)F. The van der Waals surface area contributed by atoms with Crippen LogP contribution in [0, 0.1) is 0 Å². The second-order valence-electron chi connectivity index (χ2n) is 7.01. The molecule has 2 rings (SSSR count). The number of aliphatic hydroxyl groups is 1. The topological polar surface area (TPSA) is 82.4 Å². The van der Waals surface area contributed by atoms with Gasteiger partial charge in [0.2, 0.25) is 5.91 Å². The van der Waals surface area contributed by atoms with E-state index in [2.05, 4.69) is 4.99 Å². The number of carbonyl (C=O) groups is 2. The molecule has 1 heterocycles. The fourth-order valence-electron chi connectivity index (χ4n) is 3.46. The van der Waals surface area contributed by atoms with E-state index in [4.69, 9.17) is 9.84 Å². The van der Waals surface area contributed by atoms with Crippen LogP contribution in [-0.2, 0) is 16.2 Å². The molecular formula is C21H26F3N3O4. The Balaban J connectivity index is 2.06. The number of alkyl halides is 3. The van der Waals surface area contributed by atoms with Gasteiger partial charge < -0.3 is 14.7 Å². The molecule has 0 radical (unpaired) electrons. The maximum atomic E-state index is 13.4. The minimum absolute atomic E-state index is 0.0824. The predicted octanol–water partition coefficient (Wildman–Crippen LogP) is 2.54. The van der Waals surface area contributed by atoms with Crippen LogP contribution in [-0.4, -0.2) is 71.5 Å². The second kappa shape index (κ2) is 10.4. The quantitative estimate of drug-likeness (QED) is 0.543. The third-order valence-corrected chi connectivity index (χ3v) is 4.96. The predicted molar refractivity (Wildman–Crippen MR) is 109 cm³/mol. The minimum Gasteiger partial charge on any atom is -0.484 e. The molecule has 1 aromatic carbocycles. The summed E-state index contributed by atoms with van der Waals surface area (Å²) in [6, 6.07) is 5.97. The molecule has 170 valence electrons. The molecule has 0 unspecified atom stereocenters. The first kappa shape index (κ1) is 24.4. The van der Waals surface area contributed by atoms with Gasteiger partial charge >= 0.3 is 6.18 Å². The number of likely N-dealkylation sites (tertiary alicyclic amines) is 1. The Morgan fingerprint density at radius 2 is 1.97 bits per heavy atom. The highest BCUT2D eigenvalue weighted by atomic mass is 19.4. The van der Waals surface area contributed by atoms with E-state index in [1.807, 2.05) is 0 Å². The highest BCUT2D eigenvalue weighted by Crippen LogP contribution is 2.30. The Kier molecular flexibility index (Phi) is 8.21. The van der Waals surface area contributed by atoms with E-state index in [0.717, 1.165) is 11.0 Å². The van der Waals surface area contributed by atoms with Crippen molar-refractivity contribution in [2.24, 2.45) is 4.99 Å². The van der Waals surface area contributed by atoms with Gasteiger partial charge in [-0.3, -0.25) is 19.5 Å². The number of ether oxygens (including phenoxy) is 1. The number of rotatable bonds is 6. The highest BCUT2D eigenvalue weighted by Gasteiger charge is 2.42. The largest absolute Gasteiger partial charge is 0.484 e. The molecule has 1 aromatic rings.